The Bertz CT molecular complexity index is 140. The highest BCUT2D eigenvalue weighted by Crippen LogP contribution is 2.19. The van der Waals surface area contributed by atoms with Gasteiger partial charge in [-0.2, -0.15) is 0 Å². The summed E-state index contributed by atoms with van der Waals surface area (Å²) in [6.45, 7) is 1.15. The van der Waals surface area contributed by atoms with Crippen LogP contribution in [0.25, 0.3) is 0 Å². The lowest BCUT2D eigenvalue weighted by atomic mass is 9.97. The molecule has 47 valence electrons. The van der Waals surface area contributed by atoms with Crippen LogP contribution in [0.4, 0.5) is 0 Å². The van der Waals surface area contributed by atoms with Gasteiger partial charge in [-0.05, 0) is 19.0 Å². The Morgan fingerprint density at radius 2 is 2.56 bits per heavy atom. The predicted molar refractivity (Wildman–Crippen MR) is 36.9 cm³/mol. The van der Waals surface area contributed by atoms with Gasteiger partial charge in [-0.15, -0.1) is 0 Å². The van der Waals surface area contributed by atoms with E-state index in [0.717, 1.165) is 6.54 Å². The summed E-state index contributed by atoms with van der Waals surface area (Å²) in [5, 5.41) is 3.39. The van der Waals surface area contributed by atoms with E-state index in [1.807, 2.05) is 6.08 Å². The Morgan fingerprint density at radius 3 is 3.44 bits per heavy atom. The predicted octanol–water partition coefficient (Wildman–Crippen LogP) is 0.894. The molecule has 0 aromatic heterocycles. The average Bonchev–Trinajstić information content (AvgIpc) is 2.33. The van der Waals surface area contributed by atoms with Crippen LogP contribution in [0, 0.1) is 12.0 Å². The van der Waals surface area contributed by atoms with E-state index in [-0.39, 0.29) is 0 Å². The molecule has 1 radical (unpaired) electrons. The largest absolute Gasteiger partial charge is 0.310 e. The summed E-state index contributed by atoms with van der Waals surface area (Å²) in [5.74, 6) is 0.662. The molecule has 0 amide bonds. The van der Waals surface area contributed by atoms with Gasteiger partial charge in [0.25, 0.3) is 0 Å². The first-order chi connectivity index (χ1) is 4.47. The van der Waals surface area contributed by atoms with E-state index >= 15 is 0 Å². The molecule has 0 aromatic rings. The van der Waals surface area contributed by atoms with Crippen molar-refractivity contribution >= 4 is 0 Å². The molecule has 1 aliphatic heterocycles. The monoisotopic (exact) mass is 120 g/mol. The van der Waals surface area contributed by atoms with Gasteiger partial charge in [-0.25, -0.2) is 0 Å². The van der Waals surface area contributed by atoms with Crippen molar-refractivity contribution in [3.8, 4) is 0 Å². The number of hydrogen-bond donors (Lipinski definition) is 1. The zero-order valence-electron chi connectivity index (χ0n) is 5.30. The second-order valence-electron chi connectivity index (χ2n) is 2.59. The lowest BCUT2D eigenvalue weighted by molar-refractivity contribution is 0.598. The van der Waals surface area contributed by atoms with Crippen molar-refractivity contribution in [2.75, 3.05) is 6.54 Å². The van der Waals surface area contributed by atoms with Gasteiger partial charge in [0.2, 0.25) is 0 Å². The highest BCUT2D eigenvalue weighted by atomic mass is 14.9. The SMILES string of the molecule is [C]1=CC=CC2NCCC12. The van der Waals surface area contributed by atoms with Gasteiger partial charge in [0, 0.05) is 12.0 Å². The highest BCUT2D eigenvalue weighted by Gasteiger charge is 2.23. The molecular weight excluding hydrogens is 110 g/mol. The van der Waals surface area contributed by atoms with Crippen LogP contribution in [-0.4, -0.2) is 12.6 Å². The van der Waals surface area contributed by atoms with Crippen molar-refractivity contribution in [2.45, 2.75) is 12.5 Å². The Morgan fingerprint density at radius 1 is 1.56 bits per heavy atom. The smallest absolute Gasteiger partial charge is 0.0322 e. The summed E-state index contributed by atoms with van der Waals surface area (Å²) in [4.78, 5) is 0. The molecule has 1 N–H and O–H groups in total. The molecule has 2 aliphatic rings. The maximum absolute atomic E-state index is 3.39. The number of fused-ring (bicyclic) bond motifs is 1. The molecule has 1 heterocycles. The molecule has 2 atom stereocenters. The minimum Gasteiger partial charge on any atom is -0.310 e. The first kappa shape index (κ1) is 5.24. The molecule has 2 rings (SSSR count). The van der Waals surface area contributed by atoms with E-state index in [1.54, 1.807) is 0 Å². The van der Waals surface area contributed by atoms with Gasteiger partial charge in [0.15, 0.2) is 0 Å². The summed E-state index contributed by atoms with van der Waals surface area (Å²) in [6, 6.07) is 0.593. The zero-order chi connectivity index (χ0) is 6.10. The van der Waals surface area contributed by atoms with Crippen molar-refractivity contribution in [1.82, 2.24) is 5.32 Å². The second kappa shape index (κ2) is 1.99. The maximum Gasteiger partial charge on any atom is 0.0322 e. The van der Waals surface area contributed by atoms with Gasteiger partial charge in [-0.3, -0.25) is 0 Å². The summed E-state index contributed by atoms with van der Waals surface area (Å²) < 4.78 is 0. The number of nitrogens with one attached hydrogen (secondary N) is 1. The van der Waals surface area contributed by atoms with Gasteiger partial charge < -0.3 is 5.32 Å². The standard InChI is InChI=1S/C8H10N/c1-2-4-8-7(3-1)5-6-9-8/h1-2,4,7-9H,5-6H2. The fraction of sp³-hybridized carbons (Fsp3) is 0.500. The van der Waals surface area contributed by atoms with E-state index < -0.39 is 0 Å². The maximum atomic E-state index is 3.39. The van der Waals surface area contributed by atoms with Crippen LogP contribution in [0.3, 0.4) is 0 Å². The van der Waals surface area contributed by atoms with Crippen LogP contribution in [0.1, 0.15) is 6.42 Å². The van der Waals surface area contributed by atoms with E-state index in [2.05, 4.69) is 23.5 Å². The topological polar surface area (TPSA) is 12.0 Å². The summed E-state index contributed by atoms with van der Waals surface area (Å²) >= 11 is 0. The van der Waals surface area contributed by atoms with Crippen molar-refractivity contribution < 1.29 is 0 Å². The molecule has 2 unspecified atom stereocenters. The molecule has 0 saturated carbocycles. The zero-order valence-corrected chi connectivity index (χ0v) is 5.30. The summed E-state index contributed by atoms with van der Waals surface area (Å²) in [6.07, 6.45) is 10.9. The quantitative estimate of drug-likeness (QED) is 0.500. The molecule has 0 bridgehead atoms. The third-order valence-electron chi connectivity index (χ3n) is 1.99. The number of allylic oxidation sites excluding steroid dienone is 2. The first-order valence-electron chi connectivity index (χ1n) is 3.46. The van der Waals surface area contributed by atoms with Crippen molar-refractivity contribution in [3.05, 3.63) is 24.3 Å². The summed E-state index contributed by atoms with van der Waals surface area (Å²) in [5.41, 5.74) is 0. The fourth-order valence-electron chi connectivity index (χ4n) is 1.47. The molecule has 1 fully saturated rings. The molecule has 9 heavy (non-hydrogen) atoms. The van der Waals surface area contributed by atoms with E-state index in [0.29, 0.717) is 12.0 Å². The van der Waals surface area contributed by atoms with Crippen LogP contribution in [0.15, 0.2) is 18.2 Å². The molecule has 1 heteroatoms. The van der Waals surface area contributed by atoms with Crippen LogP contribution >= 0.6 is 0 Å². The van der Waals surface area contributed by atoms with Gasteiger partial charge in [0.1, 0.15) is 0 Å². The van der Waals surface area contributed by atoms with E-state index in [4.69, 9.17) is 0 Å². The van der Waals surface area contributed by atoms with Gasteiger partial charge >= 0.3 is 0 Å². The second-order valence-corrected chi connectivity index (χ2v) is 2.59. The molecule has 0 aromatic carbocycles. The minimum atomic E-state index is 0.593. The molecular formula is C8H10N. The minimum absolute atomic E-state index is 0.593. The number of rotatable bonds is 0. The van der Waals surface area contributed by atoms with E-state index in [1.165, 1.54) is 6.42 Å². The summed E-state index contributed by atoms with van der Waals surface area (Å²) in [7, 11) is 0. The fourth-order valence-corrected chi connectivity index (χ4v) is 1.47. The van der Waals surface area contributed by atoms with Crippen LogP contribution in [-0.2, 0) is 0 Å². The Hall–Kier alpha value is -0.560. The Kier molecular flexibility index (Phi) is 1.16. The molecule has 1 saturated heterocycles. The number of hydrogen-bond acceptors (Lipinski definition) is 1. The van der Waals surface area contributed by atoms with E-state index in [9.17, 15) is 0 Å². The van der Waals surface area contributed by atoms with Crippen LogP contribution < -0.4 is 5.32 Å². The highest BCUT2D eigenvalue weighted by molar-refractivity contribution is 5.15. The first-order valence-corrected chi connectivity index (χ1v) is 3.46. The van der Waals surface area contributed by atoms with Crippen LogP contribution in [0.5, 0.6) is 0 Å². The van der Waals surface area contributed by atoms with Crippen molar-refractivity contribution in [3.63, 3.8) is 0 Å². The molecule has 1 aliphatic carbocycles. The van der Waals surface area contributed by atoms with Crippen molar-refractivity contribution in [2.24, 2.45) is 5.92 Å². The van der Waals surface area contributed by atoms with Gasteiger partial charge in [0.05, 0.1) is 0 Å². The Balaban J connectivity index is 2.18. The lowest BCUT2D eigenvalue weighted by Crippen LogP contribution is -2.24. The van der Waals surface area contributed by atoms with Crippen molar-refractivity contribution in [1.29, 1.82) is 0 Å². The molecule has 0 spiro atoms. The normalized spacial score (nSPS) is 39.1. The van der Waals surface area contributed by atoms with Crippen LogP contribution in [0.2, 0.25) is 0 Å². The van der Waals surface area contributed by atoms with Gasteiger partial charge in [-0.1, -0.05) is 18.2 Å². The third-order valence-corrected chi connectivity index (χ3v) is 1.99. The molecule has 1 nitrogen and oxygen atoms in total. The third kappa shape index (κ3) is 0.815. The average molecular weight is 120 g/mol. The lowest BCUT2D eigenvalue weighted by Gasteiger charge is -2.12. The Labute approximate surface area is 55.5 Å².